The smallest absolute Gasteiger partial charge is 0.345 e. The molecule has 1 fully saturated rings. The second-order valence-corrected chi connectivity index (χ2v) is 2.57. The van der Waals surface area contributed by atoms with E-state index in [0.717, 1.165) is 0 Å². The van der Waals surface area contributed by atoms with Gasteiger partial charge in [-0.3, -0.25) is 4.79 Å². The Bertz CT molecular complexity index is 234. The monoisotopic (exact) mass is 170 g/mol. The predicted octanol–water partition coefficient (Wildman–Crippen LogP) is 0.725. The van der Waals surface area contributed by atoms with Crippen LogP contribution in [0.5, 0.6) is 0 Å². The van der Waals surface area contributed by atoms with Crippen molar-refractivity contribution in [2.75, 3.05) is 6.61 Å². The number of Topliss-reactive ketones (excluding diaryl/α,β-unsaturated/α-hetero) is 1. The third kappa shape index (κ3) is 1.47. The van der Waals surface area contributed by atoms with Gasteiger partial charge in [-0.05, 0) is 6.42 Å². The Morgan fingerprint density at radius 3 is 2.67 bits per heavy atom. The summed E-state index contributed by atoms with van der Waals surface area (Å²) in [7, 11) is 0. The van der Waals surface area contributed by atoms with Crippen LogP contribution in [0.25, 0.3) is 0 Å². The summed E-state index contributed by atoms with van der Waals surface area (Å²) in [6.07, 6.45) is 1.03. The van der Waals surface area contributed by atoms with E-state index in [2.05, 4.69) is 4.74 Å². The van der Waals surface area contributed by atoms with E-state index in [1.165, 1.54) is 0 Å². The number of carbonyl (C=O) groups is 2. The maximum Gasteiger partial charge on any atom is 0.345 e. The maximum atomic E-state index is 10.9. The third-order valence-corrected chi connectivity index (χ3v) is 1.59. The van der Waals surface area contributed by atoms with Crippen LogP contribution in [-0.4, -0.2) is 23.5 Å². The van der Waals surface area contributed by atoms with E-state index in [1.54, 1.807) is 0 Å². The van der Waals surface area contributed by atoms with Crippen molar-refractivity contribution in [3.05, 3.63) is 11.3 Å². The van der Waals surface area contributed by atoms with E-state index in [-0.39, 0.29) is 17.9 Å². The number of rotatable bonds is 2. The second-order valence-electron chi connectivity index (χ2n) is 2.57. The van der Waals surface area contributed by atoms with Crippen molar-refractivity contribution in [3.63, 3.8) is 0 Å². The Morgan fingerprint density at radius 1 is 1.58 bits per heavy atom. The molecule has 4 heteroatoms. The highest BCUT2D eigenvalue weighted by Crippen LogP contribution is 2.16. The topological polar surface area (TPSA) is 63.6 Å². The summed E-state index contributed by atoms with van der Waals surface area (Å²) >= 11 is 0. The molecule has 1 heterocycles. The van der Waals surface area contributed by atoms with Crippen LogP contribution in [0.2, 0.25) is 0 Å². The largest absolute Gasteiger partial charge is 0.511 e. The second kappa shape index (κ2) is 3.38. The molecule has 1 N–H and O–H groups in total. The van der Waals surface area contributed by atoms with Crippen LogP contribution in [-0.2, 0) is 14.3 Å². The van der Waals surface area contributed by atoms with Gasteiger partial charge in [-0.15, -0.1) is 0 Å². The number of carbonyl (C=O) groups excluding carboxylic acids is 2. The summed E-state index contributed by atoms with van der Waals surface area (Å²) in [6, 6.07) is 0. The van der Waals surface area contributed by atoms with Gasteiger partial charge in [0.1, 0.15) is 11.3 Å². The van der Waals surface area contributed by atoms with Gasteiger partial charge in [0.05, 0.1) is 0 Å². The van der Waals surface area contributed by atoms with Gasteiger partial charge in [0.2, 0.25) is 5.78 Å². The first-order valence-electron chi connectivity index (χ1n) is 3.79. The first-order chi connectivity index (χ1) is 5.66. The summed E-state index contributed by atoms with van der Waals surface area (Å²) < 4.78 is 4.44. The van der Waals surface area contributed by atoms with Crippen molar-refractivity contribution in [2.45, 2.75) is 19.8 Å². The van der Waals surface area contributed by atoms with E-state index >= 15 is 0 Å². The van der Waals surface area contributed by atoms with Gasteiger partial charge >= 0.3 is 5.97 Å². The zero-order valence-electron chi connectivity index (χ0n) is 6.79. The van der Waals surface area contributed by atoms with Crippen molar-refractivity contribution in [1.29, 1.82) is 0 Å². The van der Waals surface area contributed by atoms with Crippen molar-refractivity contribution >= 4 is 11.8 Å². The lowest BCUT2D eigenvalue weighted by Crippen LogP contribution is -2.05. The average Bonchev–Trinajstić information content (AvgIpc) is 2.32. The Morgan fingerprint density at radius 2 is 2.25 bits per heavy atom. The molecular formula is C8H10O4. The molecule has 1 aliphatic heterocycles. The number of aliphatic hydroxyl groups excluding tert-OH is 1. The number of ether oxygens (including phenoxy) is 1. The number of hydrogen-bond donors (Lipinski definition) is 1. The van der Waals surface area contributed by atoms with Crippen molar-refractivity contribution < 1.29 is 19.4 Å². The third-order valence-electron chi connectivity index (χ3n) is 1.59. The van der Waals surface area contributed by atoms with Crippen molar-refractivity contribution in [3.8, 4) is 0 Å². The van der Waals surface area contributed by atoms with Crippen LogP contribution in [0, 0.1) is 0 Å². The Hall–Kier alpha value is -1.32. The molecule has 4 nitrogen and oxygen atoms in total. The standard InChI is InChI=1S/C8H10O4/c1-2-3-5(9)7-6(10)4-12-8(7)11/h9H,2-4H2,1H3/b7-5+. The molecule has 0 bridgehead atoms. The van der Waals surface area contributed by atoms with Gasteiger partial charge in [0.25, 0.3) is 0 Å². The SMILES string of the molecule is CCC/C(O)=C1/C(=O)COC1=O. The van der Waals surface area contributed by atoms with E-state index in [0.29, 0.717) is 12.8 Å². The summed E-state index contributed by atoms with van der Waals surface area (Å²) in [6.45, 7) is 1.61. The molecule has 0 unspecified atom stereocenters. The van der Waals surface area contributed by atoms with E-state index in [4.69, 9.17) is 0 Å². The lowest BCUT2D eigenvalue weighted by atomic mass is 10.1. The molecule has 1 aliphatic rings. The van der Waals surface area contributed by atoms with E-state index in [1.807, 2.05) is 6.92 Å². The molecule has 0 aliphatic carbocycles. The van der Waals surface area contributed by atoms with E-state index < -0.39 is 11.8 Å². The lowest BCUT2D eigenvalue weighted by molar-refractivity contribution is -0.135. The predicted molar refractivity (Wildman–Crippen MR) is 40.5 cm³/mol. The minimum absolute atomic E-state index is 0.148. The van der Waals surface area contributed by atoms with Crippen LogP contribution in [0.4, 0.5) is 0 Å². The molecule has 0 amide bonds. The fourth-order valence-electron chi connectivity index (χ4n) is 1.03. The van der Waals surface area contributed by atoms with Gasteiger partial charge in [0, 0.05) is 6.42 Å². The fraction of sp³-hybridized carbons (Fsp3) is 0.500. The molecule has 0 atom stereocenters. The van der Waals surface area contributed by atoms with Gasteiger partial charge in [-0.1, -0.05) is 6.92 Å². The molecule has 0 saturated carbocycles. The maximum absolute atomic E-state index is 10.9. The molecule has 0 spiro atoms. The van der Waals surface area contributed by atoms with Crippen LogP contribution < -0.4 is 0 Å². The zero-order valence-corrected chi connectivity index (χ0v) is 6.79. The van der Waals surface area contributed by atoms with Gasteiger partial charge in [0.15, 0.2) is 6.61 Å². The van der Waals surface area contributed by atoms with Gasteiger partial charge in [-0.25, -0.2) is 4.79 Å². The zero-order chi connectivity index (χ0) is 9.14. The number of hydrogen-bond acceptors (Lipinski definition) is 4. The Labute approximate surface area is 69.8 Å². The number of allylic oxidation sites excluding steroid dienone is 1. The minimum Gasteiger partial charge on any atom is -0.511 e. The number of esters is 1. The molecule has 66 valence electrons. The molecule has 12 heavy (non-hydrogen) atoms. The highest BCUT2D eigenvalue weighted by molar-refractivity contribution is 6.22. The Balaban J connectivity index is 2.90. The van der Waals surface area contributed by atoms with Crippen molar-refractivity contribution in [1.82, 2.24) is 0 Å². The molecule has 1 saturated heterocycles. The number of ketones is 1. The van der Waals surface area contributed by atoms with Crippen LogP contribution in [0.1, 0.15) is 19.8 Å². The van der Waals surface area contributed by atoms with Gasteiger partial charge < -0.3 is 9.84 Å². The summed E-state index contributed by atoms with van der Waals surface area (Å²) in [5.74, 6) is -1.28. The first-order valence-corrected chi connectivity index (χ1v) is 3.79. The molecule has 0 aromatic heterocycles. The van der Waals surface area contributed by atoms with Gasteiger partial charge in [-0.2, -0.15) is 0 Å². The van der Waals surface area contributed by atoms with Crippen LogP contribution in [0.3, 0.4) is 0 Å². The number of aliphatic hydroxyl groups is 1. The van der Waals surface area contributed by atoms with E-state index in [9.17, 15) is 14.7 Å². The lowest BCUT2D eigenvalue weighted by Gasteiger charge is -1.97. The van der Waals surface area contributed by atoms with Crippen LogP contribution >= 0.6 is 0 Å². The molecule has 0 radical (unpaired) electrons. The van der Waals surface area contributed by atoms with Crippen molar-refractivity contribution in [2.24, 2.45) is 0 Å². The highest BCUT2D eigenvalue weighted by atomic mass is 16.5. The first kappa shape index (κ1) is 8.77. The number of cyclic esters (lactones) is 1. The molecular weight excluding hydrogens is 160 g/mol. The quantitative estimate of drug-likeness (QED) is 0.287. The summed E-state index contributed by atoms with van der Waals surface area (Å²) in [4.78, 5) is 21.8. The molecule has 1 rings (SSSR count). The summed E-state index contributed by atoms with van der Waals surface area (Å²) in [5.41, 5.74) is -0.170. The highest BCUT2D eigenvalue weighted by Gasteiger charge is 2.31. The summed E-state index contributed by atoms with van der Waals surface area (Å²) in [5, 5.41) is 9.25. The minimum atomic E-state index is -0.703. The molecule has 0 aromatic rings. The normalized spacial score (nSPS) is 21.1. The molecule has 0 aromatic carbocycles. The Kier molecular flexibility index (Phi) is 2.47. The fourth-order valence-corrected chi connectivity index (χ4v) is 1.03. The average molecular weight is 170 g/mol. The van der Waals surface area contributed by atoms with Crippen LogP contribution in [0.15, 0.2) is 11.3 Å².